The first-order valence-corrected chi connectivity index (χ1v) is 6.91. The van der Waals surface area contributed by atoms with Gasteiger partial charge in [0.25, 0.3) is 0 Å². The number of thioether (sulfide) groups is 1. The van der Waals surface area contributed by atoms with E-state index in [-0.39, 0.29) is 11.2 Å². The van der Waals surface area contributed by atoms with Crippen molar-refractivity contribution >= 4 is 17.7 Å². The molecule has 4 heteroatoms. The molecule has 17 heavy (non-hydrogen) atoms. The zero-order chi connectivity index (χ0) is 12.1. The summed E-state index contributed by atoms with van der Waals surface area (Å²) in [6.07, 6.45) is 3.18. The van der Waals surface area contributed by atoms with Crippen molar-refractivity contribution in [1.82, 2.24) is 5.32 Å². The van der Waals surface area contributed by atoms with Gasteiger partial charge in [0.1, 0.15) is 0 Å². The zero-order valence-electron chi connectivity index (χ0n) is 9.82. The van der Waals surface area contributed by atoms with E-state index in [1.165, 1.54) is 0 Å². The third-order valence-corrected chi connectivity index (χ3v) is 4.20. The standard InChI is InChI=1S/C13H18N2OS/c14-9-10-4-6-11(7-5-10)17-12-3-1-2-8-15-13(12)16/h4-7,12H,1-3,8-9,14H2,(H,15,16). The van der Waals surface area contributed by atoms with Crippen molar-refractivity contribution in [3.05, 3.63) is 29.8 Å². The van der Waals surface area contributed by atoms with E-state index in [0.29, 0.717) is 6.54 Å². The highest BCUT2D eigenvalue weighted by Crippen LogP contribution is 2.28. The summed E-state index contributed by atoms with van der Waals surface area (Å²) in [6.45, 7) is 1.39. The van der Waals surface area contributed by atoms with Crippen LogP contribution in [0.25, 0.3) is 0 Å². The fourth-order valence-electron chi connectivity index (χ4n) is 1.89. The van der Waals surface area contributed by atoms with Crippen molar-refractivity contribution in [3.8, 4) is 0 Å². The Morgan fingerprint density at radius 3 is 2.76 bits per heavy atom. The zero-order valence-corrected chi connectivity index (χ0v) is 10.6. The van der Waals surface area contributed by atoms with E-state index in [2.05, 4.69) is 5.32 Å². The molecule has 1 saturated heterocycles. The highest BCUT2D eigenvalue weighted by atomic mass is 32.2. The van der Waals surface area contributed by atoms with Gasteiger partial charge in [-0.3, -0.25) is 4.79 Å². The smallest absolute Gasteiger partial charge is 0.233 e. The average molecular weight is 250 g/mol. The minimum Gasteiger partial charge on any atom is -0.355 e. The summed E-state index contributed by atoms with van der Waals surface area (Å²) < 4.78 is 0. The highest BCUT2D eigenvalue weighted by molar-refractivity contribution is 8.00. The van der Waals surface area contributed by atoms with Crippen LogP contribution in [0, 0.1) is 0 Å². The van der Waals surface area contributed by atoms with E-state index in [1.54, 1.807) is 11.8 Å². The van der Waals surface area contributed by atoms with Crippen LogP contribution in [0.3, 0.4) is 0 Å². The predicted octanol–water partition coefficient (Wildman–Crippen LogP) is 1.91. The number of nitrogens with two attached hydrogens (primary N) is 1. The van der Waals surface area contributed by atoms with Crippen LogP contribution in [-0.4, -0.2) is 17.7 Å². The molecule has 1 aliphatic heterocycles. The Morgan fingerprint density at radius 1 is 1.29 bits per heavy atom. The predicted molar refractivity (Wildman–Crippen MR) is 70.8 cm³/mol. The van der Waals surface area contributed by atoms with Crippen LogP contribution in [0.1, 0.15) is 24.8 Å². The van der Waals surface area contributed by atoms with Crippen LogP contribution in [0.4, 0.5) is 0 Å². The van der Waals surface area contributed by atoms with Gasteiger partial charge in [0.2, 0.25) is 5.91 Å². The SMILES string of the molecule is NCc1ccc(SC2CCCCNC2=O)cc1. The van der Waals surface area contributed by atoms with Gasteiger partial charge in [-0.25, -0.2) is 0 Å². The Labute approximate surface area is 106 Å². The number of carbonyl (C=O) groups is 1. The number of carbonyl (C=O) groups excluding carboxylic acids is 1. The molecule has 3 N–H and O–H groups in total. The minimum absolute atomic E-state index is 0.0567. The van der Waals surface area contributed by atoms with Gasteiger partial charge in [-0.15, -0.1) is 11.8 Å². The van der Waals surface area contributed by atoms with Crippen LogP contribution in [0.15, 0.2) is 29.2 Å². The molecule has 3 nitrogen and oxygen atoms in total. The molecular weight excluding hydrogens is 232 g/mol. The molecule has 1 atom stereocenters. The van der Waals surface area contributed by atoms with Crippen LogP contribution in [0.5, 0.6) is 0 Å². The summed E-state index contributed by atoms with van der Waals surface area (Å²) in [5, 5.41) is 3.01. The summed E-state index contributed by atoms with van der Waals surface area (Å²) in [7, 11) is 0. The quantitative estimate of drug-likeness (QED) is 0.861. The lowest BCUT2D eigenvalue weighted by Gasteiger charge is -2.12. The molecule has 0 aliphatic carbocycles. The lowest BCUT2D eigenvalue weighted by molar-refractivity contribution is -0.120. The molecule has 1 aromatic carbocycles. The van der Waals surface area contributed by atoms with Gasteiger partial charge in [-0.2, -0.15) is 0 Å². The largest absolute Gasteiger partial charge is 0.355 e. The summed E-state index contributed by atoms with van der Waals surface area (Å²) in [6, 6.07) is 8.14. The molecule has 1 heterocycles. The topological polar surface area (TPSA) is 55.1 Å². The summed E-state index contributed by atoms with van der Waals surface area (Å²) in [4.78, 5) is 12.9. The first-order valence-electron chi connectivity index (χ1n) is 6.03. The number of nitrogens with one attached hydrogen (secondary N) is 1. The highest BCUT2D eigenvalue weighted by Gasteiger charge is 2.21. The minimum atomic E-state index is 0.0567. The maximum atomic E-state index is 11.8. The number of amides is 1. The van der Waals surface area contributed by atoms with Crippen molar-refractivity contribution in [2.45, 2.75) is 36.0 Å². The second-order valence-corrected chi connectivity index (χ2v) is 5.52. The molecule has 0 aromatic heterocycles. The van der Waals surface area contributed by atoms with Crippen molar-refractivity contribution in [2.24, 2.45) is 5.73 Å². The van der Waals surface area contributed by atoms with E-state index >= 15 is 0 Å². The molecule has 1 amide bonds. The Hall–Kier alpha value is -1.00. The second-order valence-electron chi connectivity index (χ2n) is 4.24. The lowest BCUT2D eigenvalue weighted by atomic mass is 10.2. The van der Waals surface area contributed by atoms with Crippen molar-refractivity contribution in [3.63, 3.8) is 0 Å². The average Bonchev–Trinajstić information content (AvgIpc) is 2.56. The lowest BCUT2D eigenvalue weighted by Crippen LogP contribution is -2.30. The Bertz CT molecular complexity index is 378. The van der Waals surface area contributed by atoms with E-state index < -0.39 is 0 Å². The maximum absolute atomic E-state index is 11.8. The Kier molecular flexibility index (Phi) is 4.45. The van der Waals surface area contributed by atoms with Gasteiger partial charge < -0.3 is 11.1 Å². The van der Waals surface area contributed by atoms with Gasteiger partial charge in [0.15, 0.2) is 0 Å². The maximum Gasteiger partial charge on any atom is 0.233 e. The van der Waals surface area contributed by atoms with Gasteiger partial charge in [-0.05, 0) is 30.5 Å². The first kappa shape index (κ1) is 12.5. The van der Waals surface area contributed by atoms with E-state index in [1.807, 2.05) is 24.3 Å². The van der Waals surface area contributed by atoms with E-state index in [9.17, 15) is 4.79 Å². The van der Waals surface area contributed by atoms with Crippen LogP contribution in [-0.2, 0) is 11.3 Å². The summed E-state index contributed by atoms with van der Waals surface area (Å²) in [5.41, 5.74) is 6.68. The number of hydrogen-bond donors (Lipinski definition) is 2. The molecule has 0 spiro atoms. The molecule has 1 aromatic rings. The summed E-state index contributed by atoms with van der Waals surface area (Å²) in [5.74, 6) is 0.176. The second kappa shape index (κ2) is 6.07. The molecule has 1 fully saturated rings. The van der Waals surface area contributed by atoms with E-state index in [0.717, 1.165) is 36.3 Å². The van der Waals surface area contributed by atoms with Crippen LogP contribution >= 0.6 is 11.8 Å². The molecular formula is C13H18N2OS. The molecule has 1 aliphatic rings. The van der Waals surface area contributed by atoms with Crippen molar-refractivity contribution in [1.29, 1.82) is 0 Å². The molecule has 0 bridgehead atoms. The van der Waals surface area contributed by atoms with Gasteiger partial charge in [-0.1, -0.05) is 18.6 Å². The number of benzene rings is 1. The van der Waals surface area contributed by atoms with Crippen molar-refractivity contribution in [2.75, 3.05) is 6.54 Å². The number of hydrogen-bond acceptors (Lipinski definition) is 3. The van der Waals surface area contributed by atoms with Gasteiger partial charge in [0.05, 0.1) is 5.25 Å². The van der Waals surface area contributed by atoms with Gasteiger partial charge >= 0.3 is 0 Å². The fraction of sp³-hybridized carbons (Fsp3) is 0.462. The molecule has 92 valence electrons. The van der Waals surface area contributed by atoms with Gasteiger partial charge in [0, 0.05) is 18.0 Å². The Balaban J connectivity index is 2.00. The normalized spacial score (nSPS) is 20.8. The third-order valence-electron chi connectivity index (χ3n) is 2.92. The summed E-state index contributed by atoms with van der Waals surface area (Å²) >= 11 is 1.65. The van der Waals surface area contributed by atoms with E-state index in [4.69, 9.17) is 5.73 Å². The molecule has 0 saturated carbocycles. The molecule has 2 rings (SSSR count). The Morgan fingerprint density at radius 2 is 2.06 bits per heavy atom. The first-order chi connectivity index (χ1) is 8.29. The number of rotatable bonds is 3. The van der Waals surface area contributed by atoms with Crippen LogP contribution < -0.4 is 11.1 Å². The van der Waals surface area contributed by atoms with Crippen molar-refractivity contribution < 1.29 is 4.79 Å². The third kappa shape index (κ3) is 3.48. The van der Waals surface area contributed by atoms with Crippen LogP contribution in [0.2, 0.25) is 0 Å². The molecule has 0 radical (unpaired) electrons. The fourth-order valence-corrected chi connectivity index (χ4v) is 2.99. The molecule has 1 unspecified atom stereocenters. The monoisotopic (exact) mass is 250 g/mol.